The summed E-state index contributed by atoms with van der Waals surface area (Å²) in [6.07, 6.45) is 1.93. The summed E-state index contributed by atoms with van der Waals surface area (Å²) in [5.74, 6) is 0. The van der Waals surface area contributed by atoms with E-state index in [2.05, 4.69) is 228 Å². The second-order valence-electron chi connectivity index (χ2n) is 18.3. The molecule has 15 rings (SSSR count). The molecule has 3 heterocycles. The maximum atomic E-state index is 2.61. The average Bonchev–Trinajstić information content (AvgIpc) is 4.17. The molecule has 0 unspecified atom stereocenters. The van der Waals surface area contributed by atoms with Crippen LogP contribution in [0.25, 0.3) is 88.4 Å². The Morgan fingerprint density at radius 2 is 0.708 bits per heavy atom. The van der Waals surface area contributed by atoms with E-state index in [1.807, 2.05) is 0 Å². The lowest BCUT2D eigenvalue weighted by atomic mass is 10.0. The highest BCUT2D eigenvalue weighted by Crippen LogP contribution is 2.47. The Hall–Kier alpha value is -7.98. The molecule has 0 N–H and O–H groups in total. The monoisotopic (exact) mass is 840 g/mol. The highest BCUT2D eigenvalue weighted by atomic mass is 28.3. The molecule has 0 amide bonds. The van der Waals surface area contributed by atoms with Crippen molar-refractivity contribution in [2.75, 3.05) is 0 Å². The summed E-state index contributed by atoms with van der Waals surface area (Å²) in [5, 5.41) is 11.0. The molecule has 0 saturated heterocycles. The molecule has 2 nitrogen and oxygen atoms in total. The fourth-order valence-electron chi connectivity index (χ4n) is 12.6. The van der Waals surface area contributed by atoms with Gasteiger partial charge in [0.25, 0.3) is 0 Å². The first-order valence-electron chi connectivity index (χ1n) is 22.9. The zero-order valence-corrected chi connectivity index (χ0v) is 36.6. The third-order valence-electron chi connectivity index (χ3n) is 15.2. The van der Waals surface area contributed by atoms with Crippen LogP contribution in [0.5, 0.6) is 0 Å². The van der Waals surface area contributed by atoms with Gasteiger partial charge in [-0.15, -0.1) is 0 Å². The number of hydrogen-bond acceptors (Lipinski definition) is 0. The van der Waals surface area contributed by atoms with E-state index in [1.54, 1.807) is 0 Å². The summed E-state index contributed by atoms with van der Waals surface area (Å²) in [7, 11) is -2.95. The van der Waals surface area contributed by atoms with Crippen LogP contribution in [0.3, 0.4) is 0 Å². The molecule has 3 heteroatoms. The van der Waals surface area contributed by atoms with Crippen molar-refractivity contribution in [1.82, 2.24) is 9.13 Å². The van der Waals surface area contributed by atoms with E-state index >= 15 is 0 Å². The Kier molecular flexibility index (Phi) is 7.12. The zero-order valence-electron chi connectivity index (χ0n) is 35.6. The lowest BCUT2D eigenvalue weighted by molar-refractivity contribution is 1.18. The average molecular weight is 841 g/mol. The van der Waals surface area contributed by atoms with E-state index in [-0.39, 0.29) is 0 Å². The summed E-state index contributed by atoms with van der Waals surface area (Å²) >= 11 is 0. The molecular weight excluding hydrogens is 801 g/mol. The van der Waals surface area contributed by atoms with Gasteiger partial charge in [-0.3, -0.25) is 0 Å². The number of benzene rings is 10. The van der Waals surface area contributed by atoms with Gasteiger partial charge in [-0.1, -0.05) is 182 Å². The summed E-state index contributed by atoms with van der Waals surface area (Å²) in [6, 6.07) is 83.4. The summed E-state index contributed by atoms with van der Waals surface area (Å²) < 4.78 is 5.09. The lowest BCUT2D eigenvalue weighted by Gasteiger charge is -2.31. The fourth-order valence-corrected chi connectivity index (χ4v) is 17.8. The largest absolute Gasteiger partial charge is 0.309 e. The minimum absolute atomic E-state index is 0.963. The third-order valence-corrected chi connectivity index (χ3v) is 20.1. The molecule has 0 radical (unpaired) electrons. The molecule has 0 bridgehead atoms. The zero-order chi connectivity index (χ0) is 42.4. The van der Waals surface area contributed by atoms with E-state index in [1.165, 1.54) is 131 Å². The van der Waals surface area contributed by atoms with E-state index < -0.39 is 8.07 Å². The number of rotatable bonds is 4. The van der Waals surface area contributed by atoms with Crippen molar-refractivity contribution in [3.63, 3.8) is 0 Å². The van der Waals surface area contributed by atoms with Gasteiger partial charge in [0.15, 0.2) is 8.07 Å². The van der Waals surface area contributed by atoms with Crippen molar-refractivity contribution < 1.29 is 0 Å². The van der Waals surface area contributed by atoms with E-state index in [9.17, 15) is 0 Å². The van der Waals surface area contributed by atoms with E-state index in [0.717, 1.165) is 12.8 Å². The first-order valence-corrected chi connectivity index (χ1v) is 24.9. The predicted molar refractivity (Wildman–Crippen MR) is 274 cm³/mol. The van der Waals surface area contributed by atoms with Crippen LogP contribution in [-0.2, 0) is 12.8 Å². The van der Waals surface area contributed by atoms with Crippen LogP contribution in [0.4, 0.5) is 0 Å². The van der Waals surface area contributed by atoms with Crippen LogP contribution in [0.15, 0.2) is 218 Å². The van der Waals surface area contributed by atoms with Crippen LogP contribution >= 0.6 is 0 Å². The van der Waals surface area contributed by atoms with Crippen LogP contribution in [0.2, 0.25) is 0 Å². The Balaban J connectivity index is 1.06. The molecule has 10 aromatic carbocycles. The Morgan fingerprint density at radius 1 is 0.308 bits per heavy atom. The van der Waals surface area contributed by atoms with Crippen molar-refractivity contribution in [2.24, 2.45) is 0 Å². The van der Waals surface area contributed by atoms with Crippen molar-refractivity contribution in [3.8, 4) is 44.8 Å². The molecule has 0 spiro atoms. The summed E-state index contributed by atoms with van der Waals surface area (Å²) in [6.45, 7) is 0. The van der Waals surface area contributed by atoms with E-state index in [0.29, 0.717) is 0 Å². The van der Waals surface area contributed by atoms with Crippen molar-refractivity contribution in [2.45, 2.75) is 12.8 Å². The normalized spacial score (nSPS) is 13.8. The molecular formula is C62H40N2Si. The summed E-state index contributed by atoms with van der Waals surface area (Å²) in [4.78, 5) is 0. The Labute approximate surface area is 377 Å². The minimum atomic E-state index is -2.95. The molecule has 1 aliphatic heterocycles. The second-order valence-corrected chi connectivity index (χ2v) is 22.0. The van der Waals surface area contributed by atoms with Gasteiger partial charge in [-0.05, 0) is 114 Å². The maximum absolute atomic E-state index is 2.95. The molecule has 0 saturated carbocycles. The van der Waals surface area contributed by atoms with Crippen LogP contribution < -0.4 is 20.7 Å². The topological polar surface area (TPSA) is 9.86 Å². The van der Waals surface area contributed by atoms with E-state index in [4.69, 9.17) is 0 Å². The minimum Gasteiger partial charge on any atom is -0.309 e. The molecule has 2 aliphatic carbocycles. The predicted octanol–water partition coefficient (Wildman–Crippen LogP) is 12.4. The van der Waals surface area contributed by atoms with Gasteiger partial charge in [0, 0.05) is 44.0 Å². The number of fused-ring (bicyclic) bond motifs is 17. The number of hydrogen-bond donors (Lipinski definition) is 0. The highest BCUT2D eigenvalue weighted by Gasteiger charge is 2.49. The Morgan fingerprint density at radius 3 is 1.17 bits per heavy atom. The van der Waals surface area contributed by atoms with Gasteiger partial charge < -0.3 is 9.13 Å². The smallest absolute Gasteiger partial charge is 0.180 e. The van der Waals surface area contributed by atoms with Crippen LogP contribution in [-0.4, -0.2) is 17.2 Å². The molecule has 0 fully saturated rings. The number of nitrogens with zero attached hydrogens (tertiary/aromatic N) is 2. The van der Waals surface area contributed by atoms with Crippen LogP contribution in [0, 0.1) is 0 Å². The maximum Gasteiger partial charge on any atom is 0.180 e. The molecule has 0 atom stereocenters. The van der Waals surface area contributed by atoms with Gasteiger partial charge in [-0.2, -0.15) is 0 Å². The Bertz CT molecular complexity index is 3740. The standard InChI is InChI=1S/C62H40N2Si/c1-3-17-43(18-4-1)63-55-33-29-45(37-53(55)51-31-27-41-35-39-15-7-9-21-47(39)59(41)61(51)63)65(57-25-13-11-23-49(57)50-24-12-14-26-58(50)65)46-30-34-56-54(38-46)52-32-28-42-36-40-16-8-10-22-48(40)60(42)62(52)64(56)44-19-5-2-6-20-44/h1-34,37-38H,35-36H2. The SMILES string of the molecule is c1ccc(-n2c3ccc([Si]4(c5ccc6c(c5)c5ccc7c(c5n6-c5ccccc5)-c5ccccc5C7)c5ccccc5-c5ccccc54)cc3c3ccc4c(c32)-c2ccccc2C4)cc1. The van der Waals surface area contributed by atoms with Gasteiger partial charge >= 0.3 is 0 Å². The molecule has 2 aromatic heterocycles. The van der Waals surface area contributed by atoms with Crippen molar-refractivity contribution >= 4 is 72.4 Å². The number of para-hydroxylation sites is 2. The molecule has 302 valence electrons. The van der Waals surface area contributed by atoms with Gasteiger partial charge in [-0.25, -0.2) is 0 Å². The first kappa shape index (κ1) is 35.5. The van der Waals surface area contributed by atoms with Crippen LogP contribution in [0.1, 0.15) is 22.3 Å². The lowest BCUT2D eigenvalue weighted by Crippen LogP contribution is -2.72. The van der Waals surface area contributed by atoms with Gasteiger partial charge in [0.2, 0.25) is 0 Å². The first-order chi connectivity index (χ1) is 32.3. The molecule has 12 aromatic rings. The quantitative estimate of drug-likeness (QED) is 0.156. The molecule has 65 heavy (non-hydrogen) atoms. The summed E-state index contributed by atoms with van der Waals surface area (Å²) in [5.41, 5.74) is 21.3. The van der Waals surface area contributed by atoms with Crippen molar-refractivity contribution in [3.05, 3.63) is 241 Å². The van der Waals surface area contributed by atoms with Gasteiger partial charge in [0.1, 0.15) is 0 Å². The second kappa shape index (κ2) is 13.0. The molecule has 3 aliphatic rings. The number of aromatic nitrogens is 2. The fraction of sp³-hybridized carbons (Fsp3) is 0.0323. The van der Waals surface area contributed by atoms with Crippen molar-refractivity contribution in [1.29, 1.82) is 0 Å². The highest BCUT2D eigenvalue weighted by molar-refractivity contribution is 7.22. The third kappa shape index (κ3) is 4.62. The van der Waals surface area contributed by atoms with Gasteiger partial charge in [0.05, 0.1) is 22.1 Å².